The number of carbonyl (C=O) groups is 1. The number of aromatic hydroxyl groups is 1. The predicted molar refractivity (Wildman–Crippen MR) is 118 cm³/mol. The molecule has 1 amide bonds. The number of benzene rings is 2. The molecule has 2 N–H and O–H groups in total. The summed E-state index contributed by atoms with van der Waals surface area (Å²) in [5.74, 6) is -2.32. The van der Waals surface area contributed by atoms with Crippen LogP contribution in [0.4, 0.5) is 24.5 Å². The Hall–Kier alpha value is -3.30. The van der Waals surface area contributed by atoms with Crippen LogP contribution in [0.25, 0.3) is 0 Å². The van der Waals surface area contributed by atoms with Gasteiger partial charge in [-0.25, -0.2) is 8.42 Å². The average molecular weight is 542 g/mol. The second-order valence-corrected chi connectivity index (χ2v) is 9.13. The standard InChI is InChI=1S/C19H19ClF3N3O8S/c1-4-25(9-19(21,22)23)35(31,32)11-7-13(17(34-3)15(8-11)33-2)24-18(28)10-5-12(20)16(27)14(6-10)26(29)30/h5-8,27H,4,9H2,1-3H3,(H,24,28). The number of amides is 1. The molecule has 0 saturated heterocycles. The molecule has 0 aromatic heterocycles. The fourth-order valence-corrected chi connectivity index (χ4v) is 4.64. The molecule has 2 aromatic rings. The van der Waals surface area contributed by atoms with Crippen LogP contribution in [0.2, 0.25) is 5.02 Å². The zero-order chi connectivity index (χ0) is 26.7. The second-order valence-electron chi connectivity index (χ2n) is 6.79. The Balaban J connectivity index is 2.60. The maximum Gasteiger partial charge on any atom is 0.402 e. The van der Waals surface area contributed by atoms with Crippen molar-refractivity contribution in [2.75, 3.05) is 32.6 Å². The number of methoxy groups -OCH3 is 2. The minimum Gasteiger partial charge on any atom is -0.501 e. The molecule has 0 spiro atoms. The third kappa shape index (κ3) is 6.23. The number of nitrogens with zero attached hydrogens (tertiary/aromatic N) is 2. The first-order chi connectivity index (χ1) is 16.2. The number of nitro benzene ring substituents is 1. The number of hydrogen-bond donors (Lipinski definition) is 2. The van der Waals surface area contributed by atoms with Crippen LogP contribution in [0.1, 0.15) is 17.3 Å². The van der Waals surface area contributed by atoms with Crippen LogP contribution in [0, 0.1) is 10.1 Å². The molecule has 0 aliphatic rings. The van der Waals surface area contributed by atoms with Crippen LogP contribution < -0.4 is 14.8 Å². The summed E-state index contributed by atoms with van der Waals surface area (Å²) in [7, 11) is -2.42. The Bertz CT molecular complexity index is 1250. The van der Waals surface area contributed by atoms with E-state index in [1.54, 1.807) is 0 Å². The van der Waals surface area contributed by atoms with Crippen LogP contribution in [-0.4, -0.2) is 62.1 Å². The molecule has 0 saturated carbocycles. The summed E-state index contributed by atoms with van der Waals surface area (Å²) < 4.78 is 75.0. The van der Waals surface area contributed by atoms with E-state index in [9.17, 15) is 41.6 Å². The number of rotatable bonds is 9. The minimum absolute atomic E-state index is 0.182. The largest absolute Gasteiger partial charge is 0.501 e. The third-order valence-electron chi connectivity index (χ3n) is 4.55. The highest BCUT2D eigenvalue weighted by Gasteiger charge is 2.37. The van der Waals surface area contributed by atoms with Gasteiger partial charge in [-0.2, -0.15) is 17.5 Å². The zero-order valence-corrected chi connectivity index (χ0v) is 19.9. The Kier molecular flexibility index (Phi) is 8.41. The maximum absolute atomic E-state index is 12.9. The van der Waals surface area contributed by atoms with Gasteiger partial charge in [0.15, 0.2) is 11.5 Å². The van der Waals surface area contributed by atoms with Gasteiger partial charge in [-0.15, -0.1) is 0 Å². The van der Waals surface area contributed by atoms with Gasteiger partial charge in [0.25, 0.3) is 5.91 Å². The first-order valence-electron chi connectivity index (χ1n) is 9.47. The number of phenols is 1. The first-order valence-corrected chi connectivity index (χ1v) is 11.3. The van der Waals surface area contributed by atoms with Gasteiger partial charge in [0.2, 0.25) is 15.8 Å². The van der Waals surface area contributed by atoms with Crippen molar-refractivity contribution in [2.24, 2.45) is 0 Å². The van der Waals surface area contributed by atoms with Crippen molar-refractivity contribution in [1.29, 1.82) is 0 Å². The lowest BCUT2D eigenvalue weighted by Gasteiger charge is -2.23. The number of ether oxygens (including phenoxy) is 2. The zero-order valence-electron chi connectivity index (χ0n) is 18.3. The van der Waals surface area contributed by atoms with Gasteiger partial charge in [0, 0.05) is 24.2 Å². The fourth-order valence-electron chi connectivity index (χ4n) is 2.95. The van der Waals surface area contributed by atoms with Crippen LogP contribution in [0.15, 0.2) is 29.2 Å². The molecule has 0 atom stereocenters. The van der Waals surface area contributed by atoms with Crippen molar-refractivity contribution < 1.29 is 45.9 Å². The van der Waals surface area contributed by atoms with Crippen molar-refractivity contribution in [3.63, 3.8) is 0 Å². The average Bonchev–Trinajstić information content (AvgIpc) is 2.77. The number of alkyl halides is 3. The van der Waals surface area contributed by atoms with E-state index in [0.29, 0.717) is 0 Å². The Morgan fingerprint density at radius 1 is 1.23 bits per heavy atom. The van der Waals surface area contributed by atoms with Crippen molar-refractivity contribution >= 4 is 38.9 Å². The lowest BCUT2D eigenvalue weighted by atomic mass is 10.1. The molecule has 0 bridgehead atoms. The summed E-state index contributed by atoms with van der Waals surface area (Å²) in [5.41, 5.74) is -1.58. The molecule has 2 aromatic carbocycles. The van der Waals surface area contributed by atoms with Crippen molar-refractivity contribution in [2.45, 2.75) is 18.0 Å². The highest BCUT2D eigenvalue weighted by molar-refractivity contribution is 7.89. The molecule has 0 radical (unpaired) electrons. The van der Waals surface area contributed by atoms with E-state index in [-0.39, 0.29) is 27.1 Å². The van der Waals surface area contributed by atoms with Gasteiger partial charge in [-0.05, 0) is 12.1 Å². The van der Waals surface area contributed by atoms with E-state index in [4.69, 9.17) is 21.1 Å². The number of carbonyl (C=O) groups excluding carboxylic acids is 1. The first kappa shape index (κ1) is 27.9. The minimum atomic E-state index is -4.82. The molecular formula is C19H19ClF3N3O8S. The lowest BCUT2D eigenvalue weighted by Crippen LogP contribution is -2.38. The predicted octanol–water partition coefficient (Wildman–Crippen LogP) is 3.80. The molecule has 11 nitrogen and oxygen atoms in total. The Morgan fingerprint density at radius 3 is 2.34 bits per heavy atom. The smallest absolute Gasteiger partial charge is 0.402 e. The van der Waals surface area contributed by atoms with Gasteiger partial charge in [0.1, 0.15) is 6.54 Å². The summed E-state index contributed by atoms with van der Waals surface area (Å²) in [6.45, 7) is -1.04. The summed E-state index contributed by atoms with van der Waals surface area (Å²) >= 11 is 5.75. The Labute approximate surface area is 202 Å². The number of phenolic OH excluding ortho intramolecular Hbond substituents is 1. The van der Waals surface area contributed by atoms with E-state index in [0.717, 1.165) is 38.5 Å². The summed E-state index contributed by atoms with van der Waals surface area (Å²) in [6, 6.07) is 3.42. The maximum atomic E-state index is 12.9. The SMILES string of the molecule is CCN(CC(F)(F)F)S(=O)(=O)c1cc(NC(=O)c2cc(Cl)c(O)c([N+](=O)[O-])c2)c(OC)c(OC)c1. The van der Waals surface area contributed by atoms with Crippen molar-refractivity contribution in [1.82, 2.24) is 4.31 Å². The molecule has 0 unspecified atom stereocenters. The van der Waals surface area contributed by atoms with Gasteiger partial charge >= 0.3 is 11.9 Å². The van der Waals surface area contributed by atoms with Crippen LogP contribution in [-0.2, 0) is 10.0 Å². The van der Waals surface area contributed by atoms with E-state index >= 15 is 0 Å². The van der Waals surface area contributed by atoms with Crippen LogP contribution in [0.3, 0.4) is 0 Å². The number of nitro groups is 1. The van der Waals surface area contributed by atoms with Gasteiger partial charge in [-0.1, -0.05) is 18.5 Å². The second kappa shape index (κ2) is 10.5. The number of nitrogens with one attached hydrogen (secondary N) is 1. The molecule has 0 aliphatic carbocycles. The summed E-state index contributed by atoms with van der Waals surface area (Å²) in [5, 5.41) is 22.6. The number of halogens is 4. The quantitative estimate of drug-likeness (QED) is 0.360. The molecule has 0 fully saturated rings. The Morgan fingerprint density at radius 2 is 1.86 bits per heavy atom. The molecule has 192 valence electrons. The molecule has 0 aliphatic heterocycles. The molecule has 0 heterocycles. The lowest BCUT2D eigenvalue weighted by molar-refractivity contribution is -0.385. The summed E-state index contributed by atoms with van der Waals surface area (Å²) in [4.78, 5) is 22.3. The van der Waals surface area contributed by atoms with Crippen molar-refractivity contribution in [3.05, 3.63) is 45.0 Å². The van der Waals surface area contributed by atoms with E-state index in [2.05, 4.69) is 5.32 Å². The van der Waals surface area contributed by atoms with Gasteiger partial charge in [0.05, 0.1) is 34.7 Å². The summed E-state index contributed by atoms with van der Waals surface area (Å²) in [6.07, 6.45) is -4.82. The molecule has 35 heavy (non-hydrogen) atoms. The van der Waals surface area contributed by atoms with E-state index in [1.165, 1.54) is 6.92 Å². The van der Waals surface area contributed by atoms with E-state index in [1.807, 2.05) is 0 Å². The molecule has 2 rings (SSSR count). The van der Waals surface area contributed by atoms with Gasteiger partial charge in [-0.3, -0.25) is 14.9 Å². The van der Waals surface area contributed by atoms with Crippen molar-refractivity contribution in [3.8, 4) is 17.2 Å². The third-order valence-corrected chi connectivity index (χ3v) is 6.74. The molecule has 16 heteroatoms. The van der Waals surface area contributed by atoms with Crippen LogP contribution in [0.5, 0.6) is 17.2 Å². The fraction of sp³-hybridized carbons (Fsp3) is 0.316. The molecular weight excluding hydrogens is 523 g/mol. The number of anilines is 1. The normalized spacial score (nSPS) is 11.9. The number of sulfonamides is 1. The highest BCUT2D eigenvalue weighted by atomic mass is 35.5. The monoisotopic (exact) mass is 541 g/mol. The van der Waals surface area contributed by atoms with E-state index < -0.39 is 61.5 Å². The topological polar surface area (TPSA) is 148 Å². The highest BCUT2D eigenvalue weighted by Crippen LogP contribution is 2.40. The number of hydrogen-bond acceptors (Lipinski definition) is 8. The van der Waals surface area contributed by atoms with Crippen LogP contribution >= 0.6 is 11.6 Å². The van der Waals surface area contributed by atoms with Gasteiger partial charge < -0.3 is 19.9 Å².